The molecule has 3 heteroatoms. The van der Waals surface area contributed by atoms with Crippen molar-refractivity contribution in [1.82, 2.24) is 10.6 Å². The zero-order valence-corrected chi connectivity index (χ0v) is 7.79. The maximum absolute atomic E-state index is 11.4. The topological polar surface area (TPSA) is 41.1 Å². The first kappa shape index (κ1) is 8.00. The van der Waals surface area contributed by atoms with Crippen molar-refractivity contribution < 1.29 is 4.79 Å². The van der Waals surface area contributed by atoms with E-state index in [1.807, 2.05) is 6.07 Å². The summed E-state index contributed by atoms with van der Waals surface area (Å²) in [6.45, 7) is 0.715. The van der Waals surface area contributed by atoms with Crippen molar-refractivity contribution in [2.75, 3.05) is 6.54 Å². The molecule has 0 saturated carbocycles. The fraction of sp³-hybridized carbons (Fsp3) is 0.364. The van der Waals surface area contributed by atoms with Gasteiger partial charge < -0.3 is 5.32 Å². The van der Waals surface area contributed by atoms with Crippen molar-refractivity contribution in [2.24, 2.45) is 0 Å². The second kappa shape index (κ2) is 2.82. The third-order valence-corrected chi connectivity index (χ3v) is 3.05. The van der Waals surface area contributed by atoms with E-state index in [9.17, 15) is 4.79 Å². The fourth-order valence-electron chi connectivity index (χ4n) is 2.33. The molecule has 2 N–H and O–H groups in total. The minimum atomic E-state index is -0.0244. The van der Waals surface area contributed by atoms with Crippen molar-refractivity contribution >= 4 is 5.91 Å². The summed E-state index contributed by atoms with van der Waals surface area (Å²) in [5.74, 6) is 0.135. The Morgan fingerprint density at radius 1 is 1.21 bits per heavy atom. The van der Waals surface area contributed by atoms with Crippen LogP contribution in [0, 0.1) is 0 Å². The molecule has 2 aliphatic heterocycles. The Kier molecular flexibility index (Phi) is 1.61. The number of hydrogen-bond acceptors (Lipinski definition) is 2. The summed E-state index contributed by atoms with van der Waals surface area (Å²) in [6, 6.07) is 8.64. The van der Waals surface area contributed by atoms with Crippen molar-refractivity contribution in [2.45, 2.75) is 18.5 Å². The van der Waals surface area contributed by atoms with Gasteiger partial charge in [0.15, 0.2) is 0 Å². The van der Waals surface area contributed by atoms with Gasteiger partial charge in [0.05, 0.1) is 12.1 Å². The van der Waals surface area contributed by atoms with Crippen LogP contribution in [0.15, 0.2) is 24.3 Å². The molecule has 0 radical (unpaired) electrons. The van der Waals surface area contributed by atoms with Gasteiger partial charge in [0.1, 0.15) is 0 Å². The highest BCUT2D eigenvalue weighted by atomic mass is 16.2. The lowest BCUT2D eigenvalue weighted by molar-refractivity contribution is -0.125. The van der Waals surface area contributed by atoms with Gasteiger partial charge in [-0.05, 0) is 17.5 Å². The number of rotatable bonds is 0. The number of carbonyl (C=O) groups is 1. The monoisotopic (exact) mass is 188 g/mol. The summed E-state index contributed by atoms with van der Waals surface area (Å²) >= 11 is 0. The van der Waals surface area contributed by atoms with Gasteiger partial charge >= 0.3 is 0 Å². The average molecular weight is 188 g/mol. The summed E-state index contributed by atoms with van der Waals surface area (Å²) in [5.41, 5.74) is 2.65. The third kappa shape index (κ3) is 1.06. The van der Waals surface area contributed by atoms with E-state index in [2.05, 4.69) is 28.8 Å². The highest BCUT2D eigenvalue weighted by Gasteiger charge is 2.33. The SMILES string of the molecule is O=C1NCC2NC1Cc1ccccc12. The number of nitrogens with one attached hydrogen (secondary N) is 2. The van der Waals surface area contributed by atoms with Crippen LogP contribution in [0.3, 0.4) is 0 Å². The maximum Gasteiger partial charge on any atom is 0.237 e. The molecule has 0 aromatic heterocycles. The minimum Gasteiger partial charge on any atom is -0.353 e. The Balaban J connectivity index is 2.06. The second-order valence-electron chi connectivity index (χ2n) is 3.92. The van der Waals surface area contributed by atoms with Gasteiger partial charge in [0.25, 0.3) is 0 Å². The van der Waals surface area contributed by atoms with E-state index in [4.69, 9.17) is 0 Å². The van der Waals surface area contributed by atoms with Gasteiger partial charge in [0, 0.05) is 6.54 Å². The van der Waals surface area contributed by atoms with E-state index in [0.29, 0.717) is 12.6 Å². The normalized spacial score (nSPS) is 29.3. The molecule has 1 amide bonds. The van der Waals surface area contributed by atoms with Crippen LogP contribution in [-0.4, -0.2) is 18.5 Å². The molecule has 2 aliphatic rings. The molecule has 14 heavy (non-hydrogen) atoms. The summed E-state index contributed by atoms with van der Waals surface area (Å²) in [5, 5.41) is 6.27. The smallest absolute Gasteiger partial charge is 0.237 e. The quantitative estimate of drug-likeness (QED) is 0.617. The number of amides is 1. The van der Waals surface area contributed by atoms with E-state index < -0.39 is 0 Å². The number of fused-ring (bicyclic) bond motifs is 4. The molecule has 1 aromatic rings. The molecular weight excluding hydrogens is 176 g/mol. The molecule has 2 bridgehead atoms. The molecule has 1 aromatic carbocycles. The van der Waals surface area contributed by atoms with Gasteiger partial charge in [-0.1, -0.05) is 24.3 Å². The Morgan fingerprint density at radius 3 is 3.00 bits per heavy atom. The van der Waals surface area contributed by atoms with Gasteiger partial charge in [-0.25, -0.2) is 0 Å². The van der Waals surface area contributed by atoms with E-state index in [0.717, 1.165) is 6.42 Å². The Labute approximate surface area is 82.5 Å². The van der Waals surface area contributed by atoms with Crippen LogP contribution in [0.5, 0.6) is 0 Å². The van der Waals surface area contributed by atoms with Gasteiger partial charge in [0.2, 0.25) is 5.91 Å². The largest absolute Gasteiger partial charge is 0.353 e. The van der Waals surface area contributed by atoms with Crippen LogP contribution in [-0.2, 0) is 11.2 Å². The molecule has 0 aliphatic carbocycles. The Bertz CT molecular complexity index is 389. The lowest BCUT2D eigenvalue weighted by Crippen LogP contribution is -2.57. The first-order chi connectivity index (χ1) is 6.84. The lowest BCUT2D eigenvalue weighted by atomic mass is 9.88. The van der Waals surface area contributed by atoms with Crippen LogP contribution in [0.4, 0.5) is 0 Å². The van der Waals surface area contributed by atoms with E-state index in [-0.39, 0.29) is 11.9 Å². The van der Waals surface area contributed by atoms with Crippen LogP contribution in [0.25, 0.3) is 0 Å². The molecule has 2 heterocycles. The molecule has 1 saturated heterocycles. The third-order valence-electron chi connectivity index (χ3n) is 3.05. The van der Waals surface area contributed by atoms with Gasteiger partial charge in [-0.2, -0.15) is 0 Å². The lowest BCUT2D eigenvalue weighted by Gasteiger charge is -2.37. The van der Waals surface area contributed by atoms with Crippen LogP contribution >= 0.6 is 0 Å². The molecule has 72 valence electrons. The van der Waals surface area contributed by atoms with E-state index in [1.165, 1.54) is 11.1 Å². The van der Waals surface area contributed by atoms with Crippen molar-refractivity contribution in [3.63, 3.8) is 0 Å². The first-order valence-corrected chi connectivity index (χ1v) is 4.96. The Hall–Kier alpha value is -1.35. The number of hydrogen-bond donors (Lipinski definition) is 2. The molecule has 3 rings (SSSR count). The summed E-state index contributed by atoms with van der Waals surface area (Å²) in [4.78, 5) is 11.4. The zero-order chi connectivity index (χ0) is 9.54. The molecule has 2 atom stereocenters. The molecule has 1 fully saturated rings. The molecule has 2 unspecified atom stereocenters. The van der Waals surface area contributed by atoms with Crippen molar-refractivity contribution in [3.05, 3.63) is 35.4 Å². The number of carbonyl (C=O) groups excluding carboxylic acids is 1. The van der Waals surface area contributed by atoms with Crippen molar-refractivity contribution in [1.29, 1.82) is 0 Å². The molecule has 0 spiro atoms. The second-order valence-corrected chi connectivity index (χ2v) is 3.92. The number of benzene rings is 1. The molecular formula is C11H12N2O. The van der Waals surface area contributed by atoms with E-state index >= 15 is 0 Å². The highest BCUT2D eigenvalue weighted by molar-refractivity contribution is 5.83. The zero-order valence-electron chi connectivity index (χ0n) is 7.79. The standard InChI is InChI=1S/C11H12N2O/c14-11-9-5-7-3-1-2-4-8(7)10(13-9)6-12-11/h1-4,9-10,13H,5-6H2,(H,12,14). The summed E-state index contributed by atoms with van der Waals surface area (Å²) in [6.07, 6.45) is 0.818. The molecule has 3 nitrogen and oxygen atoms in total. The summed E-state index contributed by atoms with van der Waals surface area (Å²) < 4.78 is 0. The fourth-order valence-corrected chi connectivity index (χ4v) is 2.33. The minimum absolute atomic E-state index is 0.0244. The Morgan fingerprint density at radius 2 is 2.07 bits per heavy atom. The van der Waals surface area contributed by atoms with E-state index in [1.54, 1.807) is 0 Å². The average Bonchev–Trinajstić information content (AvgIpc) is 2.24. The first-order valence-electron chi connectivity index (χ1n) is 4.96. The maximum atomic E-state index is 11.4. The predicted octanol–water partition coefficient (Wildman–Crippen LogP) is 0.372. The highest BCUT2D eigenvalue weighted by Crippen LogP contribution is 2.26. The van der Waals surface area contributed by atoms with Crippen LogP contribution in [0.2, 0.25) is 0 Å². The summed E-state index contributed by atoms with van der Waals surface area (Å²) in [7, 11) is 0. The van der Waals surface area contributed by atoms with Gasteiger partial charge in [-0.3, -0.25) is 10.1 Å². The van der Waals surface area contributed by atoms with Crippen molar-refractivity contribution in [3.8, 4) is 0 Å². The van der Waals surface area contributed by atoms with Crippen LogP contribution in [0.1, 0.15) is 17.2 Å². The predicted molar refractivity (Wildman–Crippen MR) is 52.8 cm³/mol. The van der Waals surface area contributed by atoms with Crippen LogP contribution < -0.4 is 10.6 Å². The number of piperazine rings is 1. The van der Waals surface area contributed by atoms with Gasteiger partial charge in [-0.15, -0.1) is 0 Å².